The molecule has 1 atom stereocenters. The third-order valence-corrected chi connectivity index (χ3v) is 2.58. The van der Waals surface area contributed by atoms with E-state index in [-0.39, 0.29) is 5.69 Å². The highest BCUT2D eigenvalue weighted by Gasteiger charge is 2.31. The summed E-state index contributed by atoms with van der Waals surface area (Å²) in [6, 6.07) is 7.80. The maximum Gasteiger partial charge on any atom is 0.244 e. The van der Waals surface area contributed by atoms with Crippen LogP contribution in [0.25, 0.3) is 0 Å². The molecule has 0 saturated carbocycles. The van der Waals surface area contributed by atoms with E-state index in [0.29, 0.717) is 6.42 Å². The lowest BCUT2D eigenvalue weighted by Gasteiger charge is -2.18. The highest BCUT2D eigenvalue weighted by atomic mass is 19.1. The Morgan fingerprint density at radius 3 is 2.69 bits per heavy atom. The van der Waals surface area contributed by atoms with Gasteiger partial charge in [0.15, 0.2) is 0 Å². The summed E-state index contributed by atoms with van der Waals surface area (Å²) < 4.78 is 13.2. The van der Waals surface area contributed by atoms with E-state index in [9.17, 15) is 9.18 Å². The minimum atomic E-state index is -1.12. The number of hydrogen-bond acceptors (Lipinski definition) is 2. The van der Waals surface area contributed by atoms with E-state index in [1.807, 2.05) is 6.07 Å². The zero-order valence-corrected chi connectivity index (χ0v) is 9.25. The fraction of sp³-hybridized carbons (Fsp3) is 0.333. The molecule has 4 heteroatoms. The Labute approximate surface area is 93.9 Å². The molecule has 0 fully saturated rings. The van der Waals surface area contributed by atoms with Crippen LogP contribution in [0.3, 0.4) is 0 Å². The van der Waals surface area contributed by atoms with Crippen LogP contribution in [-0.2, 0) is 4.79 Å². The van der Waals surface area contributed by atoms with Gasteiger partial charge in [-0.1, -0.05) is 19.1 Å². The van der Waals surface area contributed by atoms with E-state index in [1.165, 1.54) is 25.1 Å². The van der Waals surface area contributed by atoms with Crippen molar-refractivity contribution in [3.05, 3.63) is 30.1 Å². The quantitative estimate of drug-likeness (QED) is 0.851. The van der Waals surface area contributed by atoms with Crippen molar-refractivity contribution < 1.29 is 9.18 Å². The second-order valence-electron chi connectivity index (χ2n) is 3.73. The van der Waals surface area contributed by atoms with Gasteiger partial charge in [0.2, 0.25) is 5.91 Å². The number of halogens is 1. The summed E-state index contributed by atoms with van der Waals surface area (Å²) in [4.78, 5) is 11.7. The van der Waals surface area contributed by atoms with E-state index in [2.05, 4.69) is 5.32 Å². The zero-order chi connectivity index (χ0) is 12.2. The zero-order valence-electron chi connectivity index (χ0n) is 9.25. The molecule has 1 aromatic carbocycles. The van der Waals surface area contributed by atoms with Crippen molar-refractivity contribution >= 4 is 11.6 Å². The monoisotopic (exact) mass is 220 g/mol. The first-order valence-electron chi connectivity index (χ1n) is 5.00. The molecule has 0 radical (unpaired) electrons. The molecule has 1 N–H and O–H groups in total. The van der Waals surface area contributed by atoms with Crippen molar-refractivity contribution in [1.29, 1.82) is 5.26 Å². The third-order valence-electron chi connectivity index (χ3n) is 2.58. The van der Waals surface area contributed by atoms with Crippen LogP contribution in [0.2, 0.25) is 0 Å². The lowest BCUT2D eigenvalue weighted by atomic mass is 9.88. The van der Waals surface area contributed by atoms with E-state index in [0.717, 1.165) is 0 Å². The normalized spacial score (nSPS) is 13.6. The van der Waals surface area contributed by atoms with Crippen molar-refractivity contribution in [2.24, 2.45) is 5.41 Å². The highest BCUT2D eigenvalue weighted by Crippen LogP contribution is 2.23. The van der Waals surface area contributed by atoms with Gasteiger partial charge >= 0.3 is 0 Å². The molecule has 0 aliphatic rings. The number of hydrogen-bond donors (Lipinski definition) is 1. The van der Waals surface area contributed by atoms with Gasteiger partial charge in [-0.15, -0.1) is 0 Å². The molecular formula is C12H13FN2O. The van der Waals surface area contributed by atoms with Gasteiger partial charge in [-0.2, -0.15) is 5.26 Å². The molecular weight excluding hydrogens is 207 g/mol. The summed E-state index contributed by atoms with van der Waals surface area (Å²) in [6.07, 6.45) is 0.379. The molecule has 1 rings (SSSR count). The molecule has 0 bridgehead atoms. The number of nitriles is 1. The summed E-state index contributed by atoms with van der Waals surface area (Å²) in [5.74, 6) is -0.991. The first-order chi connectivity index (χ1) is 7.53. The molecule has 3 nitrogen and oxygen atoms in total. The smallest absolute Gasteiger partial charge is 0.244 e. The van der Waals surface area contributed by atoms with Gasteiger partial charge in [0.25, 0.3) is 0 Å². The fourth-order valence-corrected chi connectivity index (χ4v) is 1.11. The maximum absolute atomic E-state index is 13.2. The highest BCUT2D eigenvalue weighted by molar-refractivity contribution is 5.96. The molecule has 0 unspecified atom stereocenters. The van der Waals surface area contributed by atoms with Crippen molar-refractivity contribution in [2.45, 2.75) is 20.3 Å². The number of para-hydroxylation sites is 1. The summed E-state index contributed by atoms with van der Waals surface area (Å²) in [5, 5.41) is 11.3. The number of carbonyl (C=O) groups excluding carboxylic acids is 1. The number of anilines is 1. The molecule has 84 valence electrons. The first-order valence-corrected chi connectivity index (χ1v) is 5.00. The average Bonchev–Trinajstić information content (AvgIpc) is 2.31. The Balaban J connectivity index is 2.88. The van der Waals surface area contributed by atoms with E-state index < -0.39 is 17.1 Å². The van der Waals surface area contributed by atoms with Gasteiger partial charge in [0.1, 0.15) is 11.2 Å². The maximum atomic E-state index is 13.2. The van der Waals surface area contributed by atoms with Crippen LogP contribution in [-0.4, -0.2) is 5.91 Å². The molecule has 0 aliphatic carbocycles. The van der Waals surface area contributed by atoms with Gasteiger partial charge < -0.3 is 5.32 Å². The number of nitrogens with one attached hydrogen (secondary N) is 1. The third kappa shape index (κ3) is 2.37. The first kappa shape index (κ1) is 12.2. The van der Waals surface area contributed by atoms with E-state index >= 15 is 0 Å². The van der Waals surface area contributed by atoms with Crippen molar-refractivity contribution in [3.8, 4) is 6.07 Å². The Kier molecular flexibility index (Phi) is 3.62. The largest absolute Gasteiger partial charge is 0.322 e. The van der Waals surface area contributed by atoms with E-state index in [1.54, 1.807) is 13.0 Å². The van der Waals surface area contributed by atoms with Crippen molar-refractivity contribution in [2.75, 3.05) is 5.32 Å². The molecule has 0 heterocycles. The minimum Gasteiger partial charge on any atom is -0.322 e. The number of carbonyl (C=O) groups is 1. The van der Waals surface area contributed by atoms with Crippen LogP contribution < -0.4 is 5.32 Å². The summed E-state index contributed by atoms with van der Waals surface area (Å²) >= 11 is 0. The number of amides is 1. The van der Waals surface area contributed by atoms with Gasteiger partial charge in [0.05, 0.1) is 11.8 Å². The Hall–Kier alpha value is -1.89. The predicted molar refractivity (Wildman–Crippen MR) is 59.0 cm³/mol. The summed E-state index contributed by atoms with van der Waals surface area (Å²) in [6.45, 7) is 3.27. The van der Waals surface area contributed by atoms with Crippen LogP contribution in [0.15, 0.2) is 24.3 Å². The van der Waals surface area contributed by atoms with Gasteiger partial charge in [-0.25, -0.2) is 4.39 Å². The van der Waals surface area contributed by atoms with Crippen LogP contribution in [0, 0.1) is 22.6 Å². The summed E-state index contributed by atoms with van der Waals surface area (Å²) in [7, 11) is 0. The Bertz CT molecular complexity index is 439. The SMILES string of the molecule is CC[C@](C)(C#N)C(=O)Nc1ccccc1F. The lowest BCUT2D eigenvalue weighted by molar-refractivity contribution is -0.122. The van der Waals surface area contributed by atoms with Crippen LogP contribution in [0.5, 0.6) is 0 Å². The molecule has 16 heavy (non-hydrogen) atoms. The van der Waals surface area contributed by atoms with Crippen LogP contribution >= 0.6 is 0 Å². The topological polar surface area (TPSA) is 52.9 Å². The number of nitrogens with zero attached hydrogens (tertiary/aromatic N) is 1. The second-order valence-corrected chi connectivity index (χ2v) is 3.73. The van der Waals surface area contributed by atoms with E-state index in [4.69, 9.17) is 5.26 Å². The predicted octanol–water partition coefficient (Wildman–Crippen LogP) is 2.70. The van der Waals surface area contributed by atoms with Crippen molar-refractivity contribution in [3.63, 3.8) is 0 Å². The van der Waals surface area contributed by atoms with Crippen LogP contribution in [0.1, 0.15) is 20.3 Å². The minimum absolute atomic E-state index is 0.0995. The number of rotatable bonds is 3. The standard InChI is InChI=1S/C12H13FN2O/c1-3-12(2,8-14)11(16)15-10-7-5-4-6-9(10)13/h4-7H,3H2,1-2H3,(H,15,16)/t12-/m1/s1. The molecule has 0 saturated heterocycles. The molecule has 0 spiro atoms. The molecule has 0 aromatic heterocycles. The fourth-order valence-electron chi connectivity index (χ4n) is 1.11. The van der Waals surface area contributed by atoms with Crippen molar-refractivity contribution in [1.82, 2.24) is 0 Å². The van der Waals surface area contributed by atoms with Gasteiger partial charge in [-0.05, 0) is 25.5 Å². The average molecular weight is 220 g/mol. The van der Waals surface area contributed by atoms with Gasteiger partial charge in [0, 0.05) is 0 Å². The lowest BCUT2D eigenvalue weighted by Crippen LogP contribution is -2.31. The second kappa shape index (κ2) is 4.75. The Morgan fingerprint density at radius 2 is 2.19 bits per heavy atom. The van der Waals surface area contributed by atoms with Crippen LogP contribution in [0.4, 0.5) is 10.1 Å². The Morgan fingerprint density at radius 1 is 1.56 bits per heavy atom. The number of benzene rings is 1. The molecule has 1 amide bonds. The molecule has 0 aliphatic heterocycles. The van der Waals surface area contributed by atoms with Gasteiger partial charge in [-0.3, -0.25) is 4.79 Å². The summed E-state index contributed by atoms with van der Waals surface area (Å²) in [5.41, 5.74) is -1.02. The molecule has 1 aromatic rings.